The van der Waals surface area contributed by atoms with Crippen molar-refractivity contribution in [1.82, 2.24) is 4.72 Å². The molecule has 0 saturated carbocycles. The summed E-state index contributed by atoms with van der Waals surface area (Å²) >= 11 is 0. The molecule has 5 N–H and O–H groups in total. The number of amides is 1. The van der Waals surface area contributed by atoms with E-state index in [4.69, 9.17) is 15.6 Å². The van der Waals surface area contributed by atoms with E-state index in [-0.39, 0.29) is 18.2 Å². The highest BCUT2D eigenvalue weighted by molar-refractivity contribution is 7.90. The first-order chi connectivity index (χ1) is 16.8. The summed E-state index contributed by atoms with van der Waals surface area (Å²) in [6, 6.07) is 10.1. The fourth-order valence-electron chi connectivity index (χ4n) is 3.15. The van der Waals surface area contributed by atoms with Crippen molar-refractivity contribution in [2.75, 3.05) is 11.9 Å². The first-order valence-corrected chi connectivity index (χ1v) is 11.8. The van der Waals surface area contributed by atoms with E-state index in [0.29, 0.717) is 27.8 Å². The molecule has 0 radical (unpaired) electrons. The number of furan rings is 1. The first kappa shape index (κ1) is 26.7. The van der Waals surface area contributed by atoms with Crippen molar-refractivity contribution in [3.05, 3.63) is 65.4 Å². The maximum Gasteiger partial charge on any atom is 0.511 e. The Labute approximate surface area is 203 Å². The minimum atomic E-state index is -5.79. The molecule has 0 aliphatic carbocycles. The Morgan fingerprint density at radius 1 is 1.14 bits per heavy atom. The SMILES string of the molecule is CCOC(=O)[C@H](Cc1ccc(NC(=O)c2cc3cc(C(=N)N)ccc3o2)cc1)NS(=O)(=O)C(F)(F)F. The van der Waals surface area contributed by atoms with Gasteiger partial charge < -0.3 is 20.2 Å². The largest absolute Gasteiger partial charge is 0.511 e. The number of amidine groups is 1. The van der Waals surface area contributed by atoms with Gasteiger partial charge in [-0.15, -0.1) is 0 Å². The van der Waals surface area contributed by atoms with Gasteiger partial charge in [0.15, 0.2) is 5.76 Å². The predicted octanol–water partition coefficient (Wildman–Crippen LogP) is 2.88. The molecular formula is C22H21F3N4O6S. The number of fused-ring (bicyclic) bond motifs is 1. The molecule has 0 saturated heterocycles. The number of ether oxygens (including phenoxy) is 1. The standard InChI is InChI=1S/C22H21F3N4O6S/c1-2-34-21(31)16(29-36(32,33)22(23,24)25)9-12-3-6-15(7-4-12)28-20(30)18-11-14-10-13(19(26)27)5-8-17(14)35-18/h3-8,10-11,16,29H,2,9H2,1H3,(H3,26,27)(H,28,30)/t16-/m0/s1. The molecule has 0 unspecified atom stereocenters. The van der Waals surface area contributed by atoms with E-state index >= 15 is 0 Å². The summed E-state index contributed by atoms with van der Waals surface area (Å²) in [4.78, 5) is 24.6. The number of sulfonamides is 1. The zero-order chi connectivity index (χ0) is 26.7. The van der Waals surface area contributed by atoms with Gasteiger partial charge in [0.05, 0.1) is 6.61 Å². The molecule has 0 bridgehead atoms. The zero-order valence-corrected chi connectivity index (χ0v) is 19.5. The van der Waals surface area contributed by atoms with Crippen molar-refractivity contribution < 1.29 is 40.3 Å². The molecule has 3 aromatic rings. The molecule has 0 aliphatic heterocycles. The van der Waals surface area contributed by atoms with Crippen molar-refractivity contribution >= 4 is 44.4 Å². The topological polar surface area (TPSA) is 165 Å². The number of benzene rings is 2. The maximum atomic E-state index is 12.8. The van der Waals surface area contributed by atoms with Crippen molar-refractivity contribution in [2.24, 2.45) is 5.73 Å². The first-order valence-electron chi connectivity index (χ1n) is 10.3. The predicted molar refractivity (Wildman–Crippen MR) is 124 cm³/mol. The molecule has 3 rings (SSSR count). The third kappa shape index (κ3) is 6.20. The molecule has 0 aliphatic rings. The molecule has 0 fully saturated rings. The summed E-state index contributed by atoms with van der Waals surface area (Å²) < 4.78 is 72.7. The van der Waals surface area contributed by atoms with Crippen LogP contribution in [0, 0.1) is 5.41 Å². The van der Waals surface area contributed by atoms with Gasteiger partial charge >= 0.3 is 21.5 Å². The molecular weight excluding hydrogens is 505 g/mol. The second-order valence-corrected chi connectivity index (χ2v) is 9.21. The Hall–Kier alpha value is -3.91. The van der Waals surface area contributed by atoms with Crippen LogP contribution < -0.4 is 15.8 Å². The van der Waals surface area contributed by atoms with Crippen LogP contribution in [-0.4, -0.2) is 44.3 Å². The number of rotatable bonds is 9. The number of nitrogens with two attached hydrogens (primary N) is 1. The fourth-order valence-corrected chi connectivity index (χ4v) is 3.83. The molecule has 1 amide bonds. The highest BCUT2D eigenvalue weighted by Crippen LogP contribution is 2.24. The molecule has 1 aromatic heterocycles. The highest BCUT2D eigenvalue weighted by Gasteiger charge is 2.47. The number of hydrogen-bond donors (Lipinski definition) is 4. The third-order valence-electron chi connectivity index (χ3n) is 4.88. The van der Waals surface area contributed by atoms with Crippen LogP contribution in [-0.2, 0) is 26.0 Å². The summed E-state index contributed by atoms with van der Waals surface area (Å²) in [6.07, 6.45) is -0.426. The van der Waals surface area contributed by atoms with Crippen LogP contribution in [0.4, 0.5) is 18.9 Å². The Morgan fingerprint density at radius 3 is 2.39 bits per heavy atom. The smallest absolute Gasteiger partial charge is 0.465 e. The van der Waals surface area contributed by atoms with Crippen LogP contribution in [0.5, 0.6) is 0 Å². The number of esters is 1. The number of nitrogens with one attached hydrogen (secondary N) is 3. The monoisotopic (exact) mass is 526 g/mol. The van der Waals surface area contributed by atoms with Gasteiger partial charge in [-0.2, -0.15) is 17.9 Å². The minimum absolute atomic E-state index is 0.0151. The van der Waals surface area contributed by atoms with Crippen molar-refractivity contribution in [1.29, 1.82) is 5.41 Å². The third-order valence-corrected chi connectivity index (χ3v) is 6.08. The summed E-state index contributed by atoms with van der Waals surface area (Å²) in [6.45, 7) is 1.26. The van der Waals surface area contributed by atoms with Crippen LogP contribution in [0.1, 0.15) is 28.6 Å². The highest BCUT2D eigenvalue weighted by atomic mass is 32.2. The summed E-state index contributed by atoms with van der Waals surface area (Å²) in [5, 5.41) is 10.6. The average molecular weight is 526 g/mol. The van der Waals surface area contributed by atoms with E-state index in [0.717, 1.165) is 0 Å². The summed E-state index contributed by atoms with van der Waals surface area (Å²) in [5.41, 5.74) is 1.34. The molecule has 1 heterocycles. The number of alkyl halides is 3. The van der Waals surface area contributed by atoms with Gasteiger partial charge in [-0.25, -0.2) is 8.42 Å². The maximum absolute atomic E-state index is 12.8. The van der Waals surface area contributed by atoms with Gasteiger partial charge in [0, 0.05) is 16.6 Å². The Morgan fingerprint density at radius 2 is 1.81 bits per heavy atom. The van der Waals surface area contributed by atoms with E-state index in [1.807, 2.05) is 0 Å². The summed E-state index contributed by atoms with van der Waals surface area (Å²) in [5.74, 6) is -1.91. The second kappa shape index (κ2) is 10.4. The number of hydrogen-bond acceptors (Lipinski definition) is 7. The van der Waals surface area contributed by atoms with E-state index in [1.165, 1.54) is 42.0 Å². The van der Waals surface area contributed by atoms with E-state index in [1.54, 1.807) is 18.2 Å². The van der Waals surface area contributed by atoms with Gasteiger partial charge in [0.2, 0.25) is 0 Å². The molecule has 1 atom stereocenters. The fraction of sp³-hybridized carbons (Fsp3) is 0.227. The van der Waals surface area contributed by atoms with Crippen molar-refractivity contribution in [3.63, 3.8) is 0 Å². The van der Waals surface area contributed by atoms with E-state index in [2.05, 4.69) is 10.1 Å². The molecule has 2 aromatic carbocycles. The number of carbonyl (C=O) groups excluding carboxylic acids is 2. The normalized spacial score (nSPS) is 12.8. The minimum Gasteiger partial charge on any atom is -0.465 e. The average Bonchev–Trinajstić information content (AvgIpc) is 3.23. The van der Waals surface area contributed by atoms with Crippen LogP contribution >= 0.6 is 0 Å². The molecule has 14 heteroatoms. The number of halogens is 3. The molecule has 36 heavy (non-hydrogen) atoms. The van der Waals surface area contributed by atoms with Gasteiger partial charge in [0.25, 0.3) is 5.91 Å². The van der Waals surface area contributed by atoms with Crippen molar-refractivity contribution in [3.8, 4) is 0 Å². The second-order valence-electron chi connectivity index (χ2n) is 7.50. The zero-order valence-electron chi connectivity index (χ0n) is 18.7. The van der Waals surface area contributed by atoms with Crippen LogP contribution in [0.15, 0.2) is 52.9 Å². The lowest BCUT2D eigenvalue weighted by Crippen LogP contribution is -2.48. The molecule has 10 nitrogen and oxygen atoms in total. The van der Waals surface area contributed by atoms with Gasteiger partial charge in [-0.1, -0.05) is 12.1 Å². The Kier molecular flexibility index (Phi) is 7.69. The lowest BCUT2D eigenvalue weighted by Gasteiger charge is -2.18. The summed E-state index contributed by atoms with van der Waals surface area (Å²) in [7, 11) is -5.79. The number of nitrogen functional groups attached to an aromatic ring is 1. The van der Waals surface area contributed by atoms with Crippen LogP contribution in [0.2, 0.25) is 0 Å². The quantitative estimate of drug-likeness (QED) is 0.189. The van der Waals surface area contributed by atoms with Gasteiger partial charge in [-0.3, -0.25) is 15.0 Å². The van der Waals surface area contributed by atoms with Crippen LogP contribution in [0.3, 0.4) is 0 Å². The van der Waals surface area contributed by atoms with Crippen molar-refractivity contribution in [2.45, 2.75) is 24.9 Å². The lowest BCUT2D eigenvalue weighted by atomic mass is 10.1. The van der Waals surface area contributed by atoms with Gasteiger partial charge in [-0.05, 0) is 55.3 Å². The van der Waals surface area contributed by atoms with E-state index < -0.39 is 39.9 Å². The Balaban J connectivity index is 1.72. The van der Waals surface area contributed by atoms with Crippen LogP contribution in [0.25, 0.3) is 11.0 Å². The molecule has 0 spiro atoms. The number of carbonyl (C=O) groups is 2. The lowest BCUT2D eigenvalue weighted by molar-refractivity contribution is -0.145. The molecule has 192 valence electrons. The van der Waals surface area contributed by atoms with E-state index in [9.17, 15) is 31.2 Å². The Bertz CT molecular complexity index is 1400. The number of anilines is 1. The van der Waals surface area contributed by atoms with Gasteiger partial charge in [0.1, 0.15) is 17.5 Å².